The van der Waals surface area contributed by atoms with E-state index in [9.17, 15) is 9.59 Å². The fraction of sp³-hybridized carbons (Fsp3) is 0.882. The number of hydrogen-bond donors (Lipinski definition) is 2. The highest BCUT2D eigenvalue weighted by Crippen LogP contribution is 2.19. The van der Waals surface area contributed by atoms with Gasteiger partial charge in [-0.2, -0.15) is 0 Å². The molecule has 0 saturated carbocycles. The monoisotopic (exact) mass is 327 g/mol. The van der Waals surface area contributed by atoms with Crippen molar-refractivity contribution in [2.45, 2.75) is 53.1 Å². The van der Waals surface area contributed by atoms with Crippen molar-refractivity contribution >= 4 is 12.0 Å². The predicted molar refractivity (Wildman–Crippen MR) is 91.2 cm³/mol. The number of ether oxygens (including phenoxy) is 1. The van der Waals surface area contributed by atoms with Crippen molar-refractivity contribution in [3.63, 3.8) is 0 Å². The van der Waals surface area contributed by atoms with E-state index in [2.05, 4.69) is 24.5 Å². The van der Waals surface area contributed by atoms with Crippen molar-refractivity contribution in [1.82, 2.24) is 15.5 Å². The molecule has 0 spiro atoms. The third-order valence-electron chi connectivity index (χ3n) is 3.69. The zero-order valence-corrected chi connectivity index (χ0v) is 15.3. The van der Waals surface area contributed by atoms with Crippen LogP contribution in [0, 0.1) is 11.8 Å². The minimum absolute atomic E-state index is 0.0462. The van der Waals surface area contributed by atoms with Gasteiger partial charge in [-0.3, -0.25) is 4.79 Å². The van der Waals surface area contributed by atoms with Crippen LogP contribution in [0.5, 0.6) is 0 Å². The molecule has 0 unspecified atom stereocenters. The van der Waals surface area contributed by atoms with Gasteiger partial charge < -0.3 is 20.3 Å². The number of likely N-dealkylation sites (tertiary alicyclic amines) is 1. The van der Waals surface area contributed by atoms with E-state index in [1.54, 1.807) is 4.90 Å². The topological polar surface area (TPSA) is 70.7 Å². The minimum atomic E-state index is -0.446. The van der Waals surface area contributed by atoms with Crippen LogP contribution in [0.1, 0.15) is 47.5 Å². The van der Waals surface area contributed by atoms with E-state index in [0.717, 1.165) is 39.0 Å². The smallest absolute Gasteiger partial charge is 0.410 e. The number of nitrogens with one attached hydrogen (secondary N) is 2. The molecule has 6 heteroatoms. The van der Waals surface area contributed by atoms with Crippen LogP contribution in [0.2, 0.25) is 0 Å². The Balaban J connectivity index is 2.17. The molecule has 0 radical (unpaired) electrons. The van der Waals surface area contributed by atoms with E-state index in [0.29, 0.717) is 18.4 Å². The van der Waals surface area contributed by atoms with Gasteiger partial charge in [0.1, 0.15) is 5.60 Å². The van der Waals surface area contributed by atoms with Crippen LogP contribution in [0.25, 0.3) is 0 Å². The number of nitrogens with zero attached hydrogens (tertiary/aromatic N) is 1. The van der Waals surface area contributed by atoms with Crippen LogP contribution in [0.4, 0.5) is 4.79 Å². The lowest BCUT2D eigenvalue weighted by Crippen LogP contribution is -2.44. The molecule has 1 saturated heterocycles. The fourth-order valence-corrected chi connectivity index (χ4v) is 2.42. The Morgan fingerprint density at radius 2 is 1.83 bits per heavy atom. The summed E-state index contributed by atoms with van der Waals surface area (Å²) in [6.07, 6.45) is 1.66. The van der Waals surface area contributed by atoms with Crippen molar-refractivity contribution in [2.75, 3.05) is 32.7 Å². The van der Waals surface area contributed by atoms with Crippen LogP contribution in [-0.2, 0) is 9.53 Å². The second-order valence-corrected chi connectivity index (χ2v) is 7.74. The maximum Gasteiger partial charge on any atom is 0.410 e. The molecule has 1 aliphatic rings. The lowest BCUT2D eigenvalue weighted by atomic mass is 9.97. The molecule has 0 aromatic carbocycles. The zero-order chi connectivity index (χ0) is 17.5. The molecule has 1 aliphatic heterocycles. The van der Waals surface area contributed by atoms with Crippen molar-refractivity contribution < 1.29 is 14.3 Å². The molecule has 23 heavy (non-hydrogen) atoms. The quantitative estimate of drug-likeness (QED) is 0.783. The first-order valence-corrected chi connectivity index (χ1v) is 8.62. The predicted octanol–water partition coefficient (Wildman–Crippen LogP) is 2.00. The van der Waals surface area contributed by atoms with Crippen LogP contribution in [0.15, 0.2) is 0 Å². The van der Waals surface area contributed by atoms with Gasteiger partial charge in [0.15, 0.2) is 0 Å². The number of piperidine rings is 1. The third-order valence-corrected chi connectivity index (χ3v) is 3.69. The van der Waals surface area contributed by atoms with E-state index < -0.39 is 5.60 Å². The number of rotatable bonds is 6. The van der Waals surface area contributed by atoms with Crippen molar-refractivity contribution in [3.8, 4) is 0 Å². The SMILES string of the molecule is CC(C)CNC(=O)CNCC1CCN(C(=O)OC(C)(C)C)CC1. The molecule has 0 atom stereocenters. The molecule has 134 valence electrons. The molecular formula is C17H33N3O3. The van der Waals surface area contributed by atoms with Gasteiger partial charge in [0.05, 0.1) is 6.54 Å². The van der Waals surface area contributed by atoms with Crippen molar-refractivity contribution in [2.24, 2.45) is 11.8 Å². The molecule has 0 aliphatic carbocycles. The summed E-state index contributed by atoms with van der Waals surface area (Å²) in [4.78, 5) is 25.4. The summed E-state index contributed by atoms with van der Waals surface area (Å²) < 4.78 is 5.39. The second-order valence-electron chi connectivity index (χ2n) is 7.74. The van der Waals surface area contributed by atoms with Gasteiger partial charge in [-0.1, -0.05) is 13.8 Å². The Kier molecular flexibility index (Phi) is 7.82. The van der Waals surface area contributed by atoms with Crippen LogP contribution in [-0.4, -0.2) is 55.2 Å². The maximum atomic E-state index is 12.0. The lowest BCUT2D eigenvalue weighted by molar-refractivity contribution is -0.120. The lowest BCUT2D eigenvalue weighted by Gasteiger charge is -2.33. The first kappa shape index (κ1) is 19.7. The maximum absolute atomic E-state index is 12.0. The molecule has 1 heterocycles. The van der Waals surface area contributed by atoms with Crippen molar-refractivity contribution in [3.05, 3.63) is 0 Å². The molecule has 0 bridgehead atoms. The molecular weight excluding hydrogens is 294 g/mol. The average Bonchev–Trinajstić information content (AvgIpc) is 2.44. The highest BCUT2D eigenvalue weighted by molar-refractivity contribution is 5.77. The molecule has 0 aromatic rings. The average molecular weight is 327 g/mol. The van der Waals surface area contributed by atoms with E-state index in [-0.39, 0.29) is 12.0 Å². The summed E-state index contributed by atoms with van der Waals surface area (Å²) in [5, 5.41) is 6.11. The Labute approximate surface area is 140 Å². The summed E-state index contributed by atoms with van der Waals surface area (Å²) in [5.74, 6) is 1.02. The summed E-state index contributed by atoms with van der Waals surface area (Å²) >= 11 is 0. The molecule has 1 rings (SSSR count). The van der Waals surface area contributed by atoms with Gasteiger partial charge >= 0.3 is 6.09 Å². The summed E-state index contributed by atoms with van der Waals surface area (Å²) in [5.41, 5.74) is -0.446. The van der Waals surface area contributed by atoms with E-state index in [4.69, 9.17) is 4.74 Å². The van der Waals surface area contributed by atoms with E-state index >= 15 is 0 Å². The van der Waals surface area contributed by atoms with Gasteiger partial charge in [0, 0.05) is 19.6 Å². The normalized spacial score (nSPS) is 16.5. The molecule has 6 nitrogen and oxygen atoms in total. The van der Waals surface area contributed by atoms with Crippen LogP contribution in [0.3, 0.4) is 0 Å². The second kappa shape index (κ2) is 9.11. The fourth-order valence-electron chi connectivity index (χ4n) is 2.42. The van der Waals surface area contributed by atoms with E-state index in [1.165, 1.54) is 0 Å². The molecule has 2 amide bonds. The first-order chi connectivity index (χ1) is 10.7. The van der Waals surface area contributed by atoms with Gasteiger partial charge in [0.2, 0.25) is 5.91 Å². The Morgan fingerprint density at radius 1 is 1.22 bits per heavy atom. The Hall–Kier alpha value is -1.30. The van der Waals surface area contributed by atoms with Crippen LogP contribution < -0.4 is 10.6 Å². The number of carbonyl (C=O) groups excluding carboxylic acids is 2. The molecule has 2 N–H and O–H groups in total. The highest BCUT2D eigenvalue weighted by Gasteiger charge is 2.26. The molecule has 0 aromatic heterocycles. The zero-order valence-electron chi connectivity index (χ0n) is 15.3. The Morgan fingerprint density at radius 3 is 2.35 bits per heavy atom. The van der Waals surface area contributed by atoms with Gasteiger partial charge in [0.25, 0.3) is 0 Å². The standard InChI is InChI=1S/C17H33N3O3/c1-13(2)10-19-15(21)12-18-11-14-6-8-20(9-7-14)16(22)23-17(3,4)5/h13-14,18H,6-12H2,1-5H3,(H,19,21). The first-order valence-electron chi connectivity index (χ1n) is 8.62. The number of carbonyl (C=O) groups is 2. The largest absolute Gasteiger partial charge is 0.444 e. The number of hydrogen-bond acceptors (Lipinski definition) is 4. The Bertz CT molecular complexity index is 383. The van der Waals surface area contributed by atoms with E-state index in [1.807, 2.05) is 20.8 Å². The van der Waals surface area contributed by atoms with Gasteiger partial charge in [-0.05, 0) is 52.0 Å². The van der Waals surface area contributed by atoms with Gasteiger partial charge in [-0.25, -0.2) is 4.79 Å². The highest BCUT2D eigenvalue weighted by atomic mass is 16.6. The van der Waals surface area contributed by atoms with Crippen molar-refractivity contribution in [1.29, 1.82) is 0 Å². The summed E-state index contributed by atoms with van der Waals surface area (Å²) in [6.45, 7) is 13.1. The summed E-state index contributed by atoms with van der Waals surface area (Å²) in [6, 6.07) is 0. The van der Waals surface area contributed by atoms with Crippen LogP contribution >= 0.6 is 0 Å². The third kappa shape index (κ3) is 8.79. The molecule has 1 fully saturated rings. The minimum Gasteiger partial charge on any atom is -0.444 e. The summed E-state index contributed by atoms with van der Waals surface area (Å²) in [7, 11) is 0. The van der Waals surface area contributed by atoms with Gasteiger partial charge in [-0.15, -0.1) is 0 Å². The number of amides is 2.